The van der Waals surface area contributed by atoms with Crippen molar-refractivity contribution >= 4 is 76.9 Å². The Balaban J connectivity index is 1.22. The zero-order chi connectivity index (χ0) is 42.9. The smallest absolute Gasteiger partial charge is 0.409 e. The summed E-state index contributed by atoms with van der Waals surface area (Å²) in [6, 6.07) is -0.492. The molecule has 6 heterocycles. The first-order valence-corrected chi connectivity index (χ1v) is 29.3. The predicted octanol–water partition coefficient (Wildman–Crippen LogP) is 5.20. The summed E-state index contributed by atoms with van der Waals surface area (Å²) in [5.41, 5.74) is 12.8. The molecule has 2 bridgehead atoms. The van der Waals surface area contributed by atoms with Gasteiger partial charge in [-0.3, -0.25) is 13.6 Å². The molecule has 0 radical (unpaired) electrons. The van der Waals surface area contributed by atoms with E-state index in [1.54, 1.807) is 10.9 Å². The van der Waals surface area contributed by atoms with Gasteiger partial charge >= 0.3 is 14.5 Å². The minimum atomic E-state index is -4.96. The number of phosphoric acid groups is 1. The van der Waals surface area contributed by atoms with E-state index in [2.05, 4.69) is 84.5 Å². The molecule has 1 spiro atoms. The number of hydrogen-bond donors (Lipinski definition) is 4. The van der Waals surface area contributed by atoms with Gasteiger partial charge in [0.15, 0.2) is 45.8 Å². The maximum Gasteiger partial charge on any atom is 0.472 e. The number of rotatable bonds is 6. The summed E-state index contributed by atoms with van der Waals surface area (Å²) in [4.78, 5) is 49.9. The van der Waals surface area contributed by atoms with Crippen LogP contribution in [0, 0.1) is 11.3 Å². The van der Waals surface area contributed by atoms with E-state index in [4.69, 9.17) is 55.0 Å². The highest BCUT2D eigenvalue weighted by atomic mass is 32.5. The van der Waals surface area contributed by atoms with Gasteiger partial charge in [0.2, 0.25) is 0 Å². The molecule has 4 aromatic rings. The average Bonchev–Trinajstić information content (AvgIpc) is 3.40. The number of imidazole rings is 2. The fourth-order valence-corrected chi connectivity index (χ4v) is 13.1. The minimum Gasteiger partial charge on any atom is -0.409 e. The van der Waals surface area contributed by atoms with Gasteiger partial charge in [-0.2, -0.15) is 0 Å². The quantitative estimate of drug-likeness (QED) is 0.143. The molecule has 4 unspecified atom stereocenters. The molecular weight excluding hydrogens is 859 g/mol. The van der Waals surface area contributed by atoms with Gasteiger partial charge in [-0.15, -0.1) is 0 Å². The van der Waals surface area contributed by atoms with Crippen molar-refractivity contribution in [1.29, 1.82) is 0 Å². The zero-order valence-electron chi connectivity index (χ0n) is 34.7. The fourth-order valence-electron chi connectivity index (χ4n) is 8.00. The lowest BCUT2D eigenvalue weighted by Gasteiger charge is -2.43. The van der Waals surface area contributed by atoms with E-state index >= 15 is 0 Å². The van der Waals surface area contributed by atoms with Crippen molar-refractivity contribution in [3.05, 3.63) is 25.3 Å². The topological polar surface area (TPSA) is 261 Å². The number of aromatic nitrogens is 8. The van der Waals surface area contributed by atoms with Crippen molar-refractivity contribution in [2.45, 2.75) is 127 Å². The normalized spacial score (nSPS) is 35.9. The Kier molecular flexibility index (Phi) is 10.5. The number of nitrogens with two attached hydrogens (primary N) is 2. The first-order chi connectivity index (χ1) is 27.3. The van der Waals surface area contributed by atoms with Crippen LogP contribution in [0.4, 0.5) is 11.6 Å². The third kappa shape index (κ3) is 7.55. The van der Waals surface area contributed by atoms with E-state index in [0.29, 0.717) is 28.7 Å². The highest BCUT2D eigenvalue weighted by molar-refractivity contribution is 8.07. The van der Waals surface area contributed by atoms with Crippen LogP contribution in [0.3, 0.4) is 0 Å². The SMILES string of the molecule is CC(C)(C)[Si](C)(C)OC1[C@H]2OP(=O)(O)OC[C@@]34C[C@@H]3[C@@H](n3cnc5c(N)ncnc53)C(O[Si](C)(C)C(C)(C)C)[C@@H]4OP(O)(=S)OC[C@H]1O[C@H]2n1cnc2c(N)ncnc21. The first-order valence-electron chi connectivity index (χ1n) is 19.4. The molecular formula is C34H54N10O10P2SSi2. The van der Waals surface area contributed by atoms with Crippen molar-refractivity contribution in [2.24, 2.45) is 11.3 Å². The van der Waals surface area contributed by atoms with Crippen molar-refractivity contribution in [3.8, 4) is 0 Å². The van der Waals surface area contributed by atoms with Crippen molar-refractivity contribution in [3.63, 3.8) is 0 Å². The second-order valence-corrected chi connectivity index (χ2v) is 32.8. The summed E-state index contributed by atoms with van der Waals surface area (Å²) in [6.45, 7) is 16.0. The van der Waals surface area contributed by atoms with Gasteiger partial charge in [0.05, 0.1) is 38.0 Å². The molecule has 11 atom stereocenters. The molecule has 8 rings (SSSR count). The molecule has 0 aromatic carbocycles. The standard InChI is InChI=1S/C34H54N10O10P2SSi2/c1-32(2,3)58(7,8)53-23-19-12-48-56(47,57)52-26-24(54-59(9,10)33(4,5)6)22(43-16-41-20-27(35)37-14-39-29(20)43)18-11-34(18,26)13-49-55(45,46)51-25(23)31(50-19)44-17-42-21-28(36)38-15-40-30(21)44/h14-19,22-26,31H,11-13H2,1-10H3,(H,45,46)(H,47,57)(H2,35,37,39)(H2,36,38,40)/t18-,19-,22-,23?,24?,25-,26+,31-,34+,56?/m1/s1. The molecule has 2 aliphatic carbocycles. The summed E-state index contributed by atoms with van der Waals surface area (Å²) in [5, 5.41) is -0.538. The van der Waals surface area contributed by atoms with Crippen LogP contribution in [0.1, 0.15) is 60.2 Å². The Morgan fingerprint density at radius 3 is 1.95 bits per heavy atom. The van der Waals surface area contributed by atoms with Gasteiger partial charge in [-0.05, 0) is 60.4 Å². The lowest BCUT2D eigenvalue weighted by molar-refractivity contribution is -0.0603. The van der Waals surface area contributed by atoms with E-state index < -0.39 is 79.4 Å². The van der Waals surface area contributed by atoms with Crippen LogP contribution in [0.5, 0.6) is 0 Å². The molecule has 324 valence electrons. The Labute approximate surface area is 349 Å². The van der Waals surface area contributed by atoms with Gasteiger partial charge < -0.3 is 48.5 Å². The fraction of sp³-hybridized carbons (Fsp3) is 0.706. The molecule has 25 heteroatoms. The summed E-state index contributed by atoms with van der Waals surface area (Å²) in [5.74, 6) is 0.0674. The number of fused-ring (bicyclic) bond motifs is 4. The summed E-state index contributed by atoms with van der Waals surface area (Å²) < 4.78 is 63.7. The number of anilines is 2. The number of ether oxygens (including phenoxy) is 1. The molecule has 0 amide bonds. The monoisotopic (exact) mass is 912 g/mol. The second-order valence-electron chi connectivity index (χ2n) is 19.1. The number of phosphoric ester groups is 1. The summed E-state index contributed by atoms with van der Waals surface area (Å²) >= 11 is 5.82. The molecule has 4 fully saturated rings. The van der Waals surface area contributed by atoms with Gasteiger partial charge in [-0.1, -0.05) is 41.5 Å². The van der Waals surface area contributed by atoms with Crippen LogP contribution in [-0.2, 0) is 48.1 Å². The van der Waals surface area contributed by atoms with Crippen LogP contribution in [0.2, 0.25) is 36.3 Å². The van der Waals surface area contributed by atoms with Crippen LogP contribution in [-0.4, -0.2) is 109 Å². The second kappa shape index (κ2) is 14.3. The van der Waals surface area contributed by atoms with Crippen LogP contribution in [0.25, 0.3) is 22.3 Å². The Bertz CT molecular complexity index is 2380. The molecule has 20 nitrogen and oxygen atoms in total. The Morgan fingerprint density at radius 1 is 0.831 bits per heavy atom. The van der Waals surface area contributed by atoms with E-state index in [-0.39, 0.29) is 40.8 Å². The number of nitrogens with zero attached hydrogens (tertiary/aromatic N) is 8. The highest BCUT2D eigenvalue weighted by Crippen LogP contribution is 2.73. The summed E-state index contributed by atoms with van der Waals surface area (Å²) in [6.07, 6.45) is -0.0113. The summed E-state index contributed by atoms with van der Waals surface area (Å²) in [7, 11) is -10.2. The predicted molar refractivity (Wildman–Crippen MR) is 225 cm³/mol. The molecule has 2 aliphatic heterocycles. The Morgan fingerprint density at radius 2 is 1.37 bits per heavy atom. The Hall–Kier alpha value is -2.35. The van der Waals surface area contributed by atoms with E-state index in [1.807, 2.05) is 17.7 Å². The molecule has 6 N–H and O–H groups in total. The zero-order valence-corrected chi connectivity index (χ0v) is 39.4. The average molecular weight is 913 g/mol. The van der Waals surface area contributed by atoms with Gasteiger partial charge in [-0.25, -0.2) is 34.5 Å². The van der Waals surface area contributed by atoms with Crippen LogP contribution >= 0.6 is 14.5 Å². The van der Waals surface area contributed by atoms with Crippen molar-refractivity contribution < 1.29 is 46.0 Å². The maximum absolute atomic E-state index is 14.5. The van der Waals surface area contributed by atoms with Gasteiger partial charge in [0.1, 0.15) is 48.1 Å². The van der Waals surface area contributed by atoms with Crippen LogP contribution in [0.15, 0.2) is 25.3 Å². The third-order valence-electron chi connectivity index (χ3n) is 13.3. The lowest BCUT2D eigenvalue weighted by Crippen LogP contribution is -2.50. The molecule has 2 saturated heterocycles. The lowest BCUT2D eigenvalue weighted by atomic mass is 10.0. The minimum absolute atomic E-state index is 0.132. The molecule has 59 heavy (non-hydrogen) atoms. The van der Waals surface area contributed by atoms with Crippen LogP contribution < -0.4 is 11.5 Å². The largest absolute Gasteiger partial charge is 0.472 e. The van der Waals surface area contributed by atoms with Gasteiger partial charge in [0, 0.05) is 5.41 Å². The maximum atomic E-state index is 14.5. The number of nitrogen functional groups attached to an aromatic ring is 2. The third-order valence-corrected chi connectivity index (χ3v) is 24.8. The molecule has 4 aliphatic rings. The van der Waals surface area contributed by atoms with Crippen molar-refractivity contribution in [2.75, 3.05) is 24.7 Å². The number of hydrogen-bond acceptors (Lipinski definition) is 17. The van der Waals surface area contributed by atoms with E-state index in [9.17, 15) is 14.4 Å². The van der Waals surface area contributed by atoms with Crippen molar-refractivity contribution in [1.82, 2.24) is 39.0 Å². The molecule has 4 aromatic heterocycles. The van der Waals surface area contributed by atoms with Gasteiger partial charge in [0.25, 0.3) is 0 Å². The van der Waals surface area contributed by atoms with E-state index in [0.717, 1.165) is 0 Å². The first kappa shape index (κ1) is 43.3. The highest BCUT2D eigenvalue weighted by Gasteiger charge is 2.75. The van der Waals surface area contributed by atoms with E-state index in [1.165, 1.54) is 19.0 Å². The molecule has 2 saturated carbocycles.